The van der Waals surface area contributed by atoms with Gasteiger partial charge < -0.3 is 10.1 Å². The number of aromatic nitrogens is 4. The number of nitrogens with zero attached hydrogens (tertiary/aromatic N) is 4. The van der Waals surface area contributed by atoms with Crippen LogP contribution in [0.15, 0.2) is 35.4 Å². The van der Waals surface area contributed by atoms with Gasteiger partial charge in [0.15, 0.2) is 15.5 Å². The topological polar surface area (TPSA) is 124 Å². The highest BCUT2D eigenvalue weighted by Crippen LogP contribution is 2.42. The first kappa shape index (κ1) is 26.4. The van der Waals surface area contributed by atoms with Crippen molar-refractivity contribution in [2.75, 3.05) is 11.6 Å². The summed E-state index contributed by atoms with van der Waals surface area (Å²) < 4.78 is 84.2. The zero-order valence-corrected chi connectivity index (χ0v) is 20.7. The molecule has 2 heterocycles. The summed E-state index contributed by atoms with van der Waals surface area (Å²) in [6, 6.07) is 5.10. The summed E-state index contributed by atoms with van der Waals surface area (Å²) in [5, 5.41) is 8.83. The van der Waals surface area contributed by atoms with Crippen LogP contribution in [0.3, 0.4) is 0 Å². The molecular formula is C23H21F4N5O4S. The van der Waals surface area contributed by atoms with E-state index in [0.29, 0.717) is 5.69 Å². The van der Waals surface area contributed by atoms with Crippen LogP contribution in [0.2, 0.25) is 0 Å². The Kier molecular flexibility index (Phi) is 6.65. The molecule has 0 bridgehead atoms. The maximum absolute atomic E-state index is 14.7. The third kappa shape index (κ3) is 5.38. The molecule has 1 amide bonds. The minimum Gasteiger partial charge on any atom is -0.414 e. The van der Waals surface area contributed by atoms with Gasteiger partial charge in [0.2, 0.25) is 0 Å². The van der Waals surface area contributed by atoms with Gasteiger partial charge >= 0.3 is 6.18 Å². The first-order valence-corrected chi connectivity index (χ1v) is 12.8. The lowest BCUT2D eigenvalue weighted by atomic mass is 9.68. The van der Waals surface area contributed by atoms with Crippen LogP contribution < -0.4 is 10.1 Å². The van der Waals surface area contributed by atoms with Crippen LogP contribution in [0.5, 0.6) is 11.8 Å². The Hall–Kier alpha value is -3.68. The zero-order valence-electron chi connectivity index (χ0n) is 19.9. The normalized spacial score (nSPS) is 15.1. The van der Waals surface area contributed by atoms with Crippen molar-refractivity contribution in [2.24, 2.45) is 0 Å². The molecule has 0 atom stereocenters. The fourth-order valence-electron chi connectivity index (χ4n) is 3.88. The summed E-state index contributed by atoms with van der Waals surface area (Å²) in [6.45, 7) is 2.89. The summed E-state index contributed by atoms with van der Waals surface area (Å²) in [7, 11) is -3.63. The molecule has 0 saturated heterocycles. The quantitative estimate of drug-likeness (QED) is 0.450. The Morgan fingerprint density at radius 2 is 1.86 bits per heavy atom. The Morgan fingerprint density at radius 1 is 1.16 bits per heavy atom. The number of carbonyl (C=O) groups excluding carboxylic acids is 1. The van der Waals surface area contributed by atoms with Gasteiger partial charge in [-0.15, -0.1) is 10.2 Å². The summed E-state index contributed by atoms with van der Waals surface area (Å²) >= 11 is 0. The number of sulfone groups is 1. The number of halogens is 4. The van der Waals surface area contributed by atoms with Crippen molar-refractivity contribution >= 4 is 21.4 Å². The number of hydrogen-bond donors (Lipinski definition) is 1. The number of anilines is 1. The van der Waals surface area contributed by atoms with Crippen molar-refractivity contribution in [3.05, 3.63) is 58.9 Å². The molecule has 1 saturated carbocycles. The molecule has 1 fully saturated rings. The second-order valence-corrected chi connectivity index (χ2v) is 11.0. The van der Waals surface area contributed by atoms with Gasteiger partial charge in [-0.25, -0.2) is 18.4 Å². The fourth-order valence-corrected chi connectivity index (χ4v) is 4.54. The highest BCUT2D eigenvalue weighted by Gasteiger charge is 2.39. The average Bonchev–Trinajstić information content (AvgIpc) is 2.77. The number of hydrogen-bond acceptors (Lipinski definition) is 8. The van der Waals surface area contributed by atoms with Gasteiger partial charge in [-0.2, -0.15) is 17.6 Å². The van der Waals surface area contributed by atoms with Crippen LogP contribution >= 0.6 is 0 Å². The van der Waals surface area contributed by atoms with Crippen LogP contribution in [-0.2, 0) is 21.4 Å². The molecule has 37 heavy (non-hydrogen) atoms. The highest BCUT2D eigenvalue weighted by atomic mass is 32.2. The third-order valence-corrected chi connectivity index (χ3v) is 7.28. The molecule has 0 spiro atoms. The van der Waals surface area contributed by atoms with Gasteiger partial charge in [0, 0.05) is 17.4 Å². The van der Waals surface area contributed by atoms with Gasteiger partial charge in [0.25, 0.3) is 23.6 Å². The molecule has 196 valence electrons. The molecule has 0 aliphatic heterocycles. The summed E-state index contributed by atoms with van der Waals surface area (Å²) in [5.41, 5.74) is -2.73. The molecule has 9 nitrogen and oxygen atoms in total. The lowest BCUT2D eigenvalue weighted by Gasteiger charge is -2.37. The first-order chi connectivity index (χ1) is 17.2. The molecule has 1 N–H and O–H groups in total. The molecule has 3 aromatic rings. The van der Waals surface area contributed by atoms with E-state index in [-0.39, 0.29) is 16.0 Å². The van der Waals surface area contributed by atoms with Crippen molar-refractivity contribution in [2.45, 2.75) is 49.6 Å². The summed E-state index contributed by atoms with van der Waals surface area (Å²) in [4.78, 5) is 20.7. The van der Waals surface area contributed by atoms with Crippen molar-refractivity contribution in [1.82, 2.24) is 20.2 Å². The number of carbonyl (C=O) groups is 1. The minimum atomic E-state index is -4.95. The molecule has 2 aromatic heterocycles. The van der Waals surface area contributed by atoms with Crippen molar-refractivity contribution in [3.8, 4) is 11.8 Å². The number of nitrogens with one attached hydrogen (secondary N) is 1. The predicted octanol–water partition coefficient (Wildman–Crippen LogP) is 4.62. The molecule has 14 heteroatoms. The summed E-state index contributed by atoms with van der Waals surface area (Å²) in [5.74, 6) is -3.69. The van der Waals surface area contributed by atoms with E-state index in [9.17, 15) is 30.8 Å². The van der Waals surface area contributed by atoms with E-state index >= 15 is 0 Å². The first-order valence-electron chi connectivity index (χ1n) is 11.0. The van der Waals surface area contributed by atoms with Gasteiger partial charge in [-0.3, -0.25) is 4.79 Å². The number of ether oxygens (including phenoxy) is 1. The number of amides is 1. The van der Waals surface area contributed by atoms with Gasteiger partial charge in [-0.05, 0) is 43.5 Å². The van der Waals surface area contributed by atoms with Crippen molar-refractivity contribution in [3.63, 3.8) is 0 Å². The van der Waals surface area contributed by atoms with Crippen LogP contribution in [0, 0.1) is 12.9 Å². The predicted molar refractivity (Wildman–Crippen MR) is 123 cm³/mol. The van der Waals surface area contributed by atoms with Crippen molar-refractivity contribution in [1.29, 1.82) is 0 Å². The standard InChI is InChI=1S/C23H21F4N5O4S/c1-12-16(19(33)29-13-6-4-7-14(10-13)37(3,34)35)20(32-31-17(12)23(25,26)27)36-21-18(24)30-15(11-28-21)22(2)8-5-9-22/h4,6-7,10-11H,5,8-9H2,1-3H3,(H,29,33). The van der Waals surface area contributed by atoms with Gasteiger partial charge in [0.1, 0.15) is 5.56 Å². The number of alkyl halides is 3. The maximum atomic E-state index is 14.7. The fraction of sp³-hybridized carbons (Fsp3) is 0.348. The van der Waals surface area contributed by atoms with Crippen LogP contribution in [-0.4, -0.2) is 40.7 Å². The van der Waals surface area contributed by atoms with E-state index in [2.05, 4.69) is 25.5 Å². The lowest BCUT2D eigenvalue weighted by molar-refractivity contribution is -0.142. The van der Waals surface area contributed by atoms with E-state index in [0.717, 1.165) is 38.5 Å². The van der Waals surface area contributed by atoms with Crippen molar-refractivity contribution < 1.29 is 35.5 Å². The Labute approximate surface area is 209 Å². The second-order valence-electron chi connectivity index (χ2n) is 8.97. The van der Waals surface area contributed by atoms with Gasteiger partial charge in [0.05, 0.1) is 16.8 Å². The lowest BCUT2D eigenvalue weighted by Crippen LogP contribution is -2.31. The van der Waals surface area contributed by atoms with E-state index in [1.807, 2.05) is 6.92 Å². The van der Waals surface area contributed by atoms with Gasteiger partial charge in [-0.1, -0.05) is 19.4 Å². The highest BCUT2D eigenvalue weighted by molar-refractivity contribution is 7.90. The smallest absolute Gasteiger partial charge is 0.414 e. The SMILES string of the molecule is Cc1c(C(F)(F)F)nnc(Oc2ncc(C3(C)CCC3)nc2F)c1C(=O)Nc1cccc(S(C)(=O)=O)c1. The Bertz CT molecular complexity index is 1490. The van der Waals surface area contributed by atoms with Crippen LogP contribution in [0.1, 0.15) is 53.5 Å². The zero-order chi connectivity index (χ0) is 27.2. The molecule has 1 aliphatic rings. The Balaban J connectivity index is 1.73. The molecule has 0 unspecified atom stereocenters. The van der Waals surface area contributed by atoms with Crippen LogP contribution in [0.4, 0.5) is 23.2 Å². The Morgan fingerprint density at radius 3 is 2.43 bits per heavy atom. The largest absolute Gasteiger partial charge is 0.435 e. The molecule has 4 rings (SSSR count). The minimum absolute atomic E-state index is 0.0206. The molecule has 0 radical (unpaired) electrons. The molecular weight excluding hydrogens is 518 g/mol. The van der Waals surface area contributed by atoms with E-state index in [1.165, 1.54) is 24.4 Å². The van der Waals surface area contributed by atoms with E-state index in [1.54, 1.807) is 0 Å². The van der Waals surface area contributed by atoms with E-state index < -0.39 is 56.4 Å². The number of benzene rings is 1. The average molecular weight is 540 g/mol. The third-order valence-electron chi connectivity index (χ3n) is 6.17. The monoisotopic (exact) mass is 539 g/mol. The number of rotatable bonds is 6. The molecule has 1 aliphatic carbocycles. The van der Waals surface area contributed by atoms with E-state index in [4.69, 9.17) is 4.74 Å². The maximum Gasteiger partial charge on any atom is 0.435 e. The molecule has 1 aromatic carbocycles. The van der Waals surface area contributed by atoms with Crippen LogP contribution in [0.25, 0.3) is 0 Å². The second kappa shape index (κ2) is 9.32. The summed E-state index contributed by atoms with van der Waals surface area (Å²) in [6.07, 6.45) is -0.127.